The Morgan fingerprint density at radius 1 is 1.21 bits per heavy atom. The van der Waals surface area contributed by atoms with Crippen LogP contribution < -0.4 is 4.74 Å². The van der Waals surface area contributed by atoms with Crippen molar-refractivity contribution in [3.63, 3.8) is 0 Å². The zero-order chi connectivity index (χ0) is 20.8. The van der Waals surface area contributed by atoms with Crippen molar-refractivity contribution < 1.29 is 9.53 Å². The van der Waals surface area contributed by atoms with Crippen LogP contribution in [0, 0.1) is 0 Å². The molecule has 6 heteroatoms. The Hall–Kier alpha value is -2.86. The van der Waals surface area contributed by atoms with Gasteiger partial charge in [-0.15, -0.1) is 0 Å². The average molecular weight is 395 g/mol. The van der Waals surface area contributed by atoms with Crippen LogP contribution >= 0.6 is 0 Å². The molecule has 154 valence electrons. The molecule has 1 fully saturated rings. The fraction of sp³-hybridized carbons (Fsp3) is 0.391. The number of carbonyl (C=O) groups excluding carboxylic acids is 1. The molecule has 1 aliphatic heterocycles. The second-order valence-corrected chi connectivity index (χ2v) is 7.29. The van der Waals surface area contributed by atoms with Crippen molar-refractivity contribution in [1.29, 1.82) is 0 Å². The molecule has 29 heavy (non-hydrogen) atoms. The van der Waals surface area contributed by atoms with Gasteiger partial charge in [0.1, 0.15) is 5.75 Å². The maximum absolute atomic E-state index is 13.1. The van der Waals surface area contributed by atoms with Crippen molar-refractivity contribution in [2.75, 3.05) is 40.3 Å². The summed E-state index contributed by atoms with van der Waals surface area (Å²) in [4.78, 5) is 17.2. The van der Waals surface area contributed by atoms with Crippen LogP contribution in [0.5, 0.6) is 5.75 Å². The highest BCUT2D eigenvalue weighted by Crippen LogP contribution is 2.23. The van der Waals surface area contributed by atoms with E-state index in [-0.39, 0.29) is 5.91 Å². The number of methoxy groups -OCH3 is 1. The lowest BCUT2D eigenvalue weighted by Crippen LogP contribution is -2.47. The summed E-state index contributed by atoms with van der Waals surface area (Å²) in [5.74, 6) is 0.800. The van der Waals surface area contributed by atoms with Crippen LogP contribution in [0.15, 0.2) is 49.1 Å². The number of hydrogen-bond acceptors (Lipinski definition) is 4. The Balaban J connectivity index is 1.96. The summed E-state index contributed by atoms with van der Waals surface area (Å²) in [6.45, 7) is 9.24. The Morgan fingerprint density at radius 3 is 2.48 bits per heavy atom. The molecule has 1 aromatic carbocycles. The lowest BCUT2D eigenvalue weighted by molar-refractivity contribution is 0.0658. The lowest BCUT2D eigenvalue weighted by Gasteiger charge is -2.31. The third-order valence-corrected chi connectivity index (χ3v) is 5.19. The Bertz CT molecular complexity index is 875. The number of piperazine rings is 1. The number of aryl methyl sites for hydroxylation is 1. The largest absolute Gasteiger partial charge is 0.497 e. The van der Waals surface area contributed by atoms with Gasteiger partial charge in [-0.2, -0.15) is 5.10 Å². The number of nitrogens with zero attached hydrogens (tertiary/aromatic N) is 4. The number of allylic oxidation sites excluding steroid dienone is 2. The van der Waals surface area contributed by atoms with Gasteiger partial charge < -0.3 is 14.5 Å². The van der Waals surface area contributed by atoms with Gasteiger partial charge in [0.2, 0.25) is 0 Å². The second-order valence-electron chi connectivity index (χ2n) is 7.29. The van der Waals surface area contributed by atoms with Gasteiger partial charge in [0, 0.05) is 37.4 Å². The van der Waals surface area contributed by atoms with Crippen LogP contribution in [0.25, 0.3) is 5.70 Å². The molecule has 0 radical (unpaired) electrons. The molecule has 0 unspecified atom stereocenters. The fourth-order valence-corrected chi connectivity index (χ4v) is 3.50. The zero-order valence-electron chi connectivity index (χ0n) is 17.6. The van der Waals surface area contributed by atoms with Gasteiger partial charge in [0.15, 0.2) is 5.69 Å². The van der Waals surface area contributed by atoms with E-state index in [2.05, 4.69) is 25.5 Å². The number of carbonyl (C=O) groups is 1. The topological polar surface area (TPSA) is 50.6 Å². The molecule has 0 spiro atoms. The molecule has 2 aromatic rings. The fourth-order valence-electron chi connectivity index (χ4n) is 3.50. The van der Waals surface area contributed by atoms with E-state index in [9.17, 15) is 4.79 Å². The van der Waals surface area contributed by atoms with Crippen molar-refractivity contribution in [1.82, 2.24) is 19.6 Å². The van der Waals surface area contributed by atoms with E-state index in [1.165, 1.54) is 0 Å². The Morgan fingerprint density at radius 2 is 1.90 bits per heavy atom. The Labute approximate surface area is 173 Å². The highest BCUT2D eigenvalue weighted by molar-refractivity contribution is 5.92. The molecule has 1 amide bonds. The molecule has 0 atom stereocenters. The van der Waals surface area contributed by atoms with Gasteiger partial charge >= 0.3 is 0 Å². The third kappa shape index (κ3) is 4.77. The van der Waals surface area contributed by atoms with Gasteiger partial charge in [0.05, 0.1) is 12.8 Å². The van der Waals surface area contributed by atoms with Crippen LogP contribution in [-0.2, 0) is 6.42 Å². The van der Waals surface area contributed by atoms with Gasteiger partial charge in [0.25, 0.3) is 5.91 Å². The van der Waals surface area contributed by atoms with Crippen LogP contribution in [-0.4, -0.2) is 65.8 Å². The molecule has 6 nitrogen and oxygen atoms in total. The molecule has 1 saturated heterocycles. The van der Waals surface area contributed by atoms with E-state index in [1.54, 1.807) is 13.2 Å². The number of rotatable bonds is 7. The van der Waals surface area contributed by atoms with Crippen molar-refractivity contribution >= 4 is 11.6 Å². The second kappa shape index (κ2) is 9.56. The Kier molecular flexibility index (Phi) is 6.88. The van der Waals surface area contributed by atoms with E-state index in [1.807, 2.05) is 46.0 Å². The van der Waals surface area contributed by atoms with E-state index in [4.69, 9.17) is 9.84 Å². The summed E-state index contributed by atoms with van der Waals surface area (Å²) in [6, 6.07) is 9.77. The van der Waals surface area contributed by atoms with E-state index in [0.717, 1.165) is 61.7 Å². The first-order valence-electron chi connectivity index (χ1n) is 10.1. The first kappa shape index (κ1) is 20.9. The van der Waals surface area contributed by atoms with Gasteiger partial charge in [-0.3, -0.25) is 4.79 Å². The van der Waals surface area contributed by atoms with Crippen LogP contribution in [0.2, 0.25) is 0 Å². The van der Waals surface area contributed by atoms with Crippen LogP contribution in [0.4, 0.5) is 0 Å². The molecule has 0 bridgehead atoms. The minimum atomic E-state index is 0.00175. The summed E-state index contributed by atoms with van der Waals surface area (Å²) >= 11 is 0. The highest BCUT2D eigenvalue weighted by atomic mass is 16.5. The first-order chi connectivity index (χ1) is 14.1. The molecule has 3 rings (SSSR count). The third-order valence-electron chi connectivity index (χ3n) is 5.19. The highest BCUT2D eigenvalue weighted by Gasteiger charge is 2.24. The predicted molar refractivity (Wildman–Crippen MR) is 116 cm³/mol. The average Bonchev–Trinajstić information content (AvgIpc) is 3.16. The van der Waals surface area contributed by atoms with Crippen LogP contribution in [0.1, 0.15) is 35.1 Å². The number of amides is 1. The van der Waals surface area contributed by atoms with Gasteiger partial charge in [-0.25, -0.2) is 4.68 Å². The normalized spacial score (nSPS) is 15.4. The summed E-state index contributed by atoms with van der Waals surface area (Å²) in [5.41, 5.74) is 3.41. The first-order valence-corrected chi connectivity index (χ1v) is 10.1. The molecule has 2 heterocycles. The monoisotopic (exact) mass is 394 g/mol. The van der Waals surface area contributed by atoms with Crippen LogP contribution in [0.3, 0.4) is 0 Å². The molecular formula is C23H30N4O2. The molecule has 0 N–H and O–H groups in total. The molecule has 0 saturated carbocycles. The SMILES string of the molecule is C=C/C=C(/c1ccc(OC)cc1)n1nc(C(=O)N2CCN(C)CC2)cc1CCC. The minimum absolute atomic E-state index is 0.00175. The van der Waals surface area contributed by atoms with Gasteiger partial charge in [-0.05, 0) is 49.9 Å². The number of benzene rings is 1. The zero-order valence-corrected chi connectivity index (χ0v) is 17.6. The minimum Gasteiger partial charge on any atom is -0.497 e. The summed E-state index contributed by atoms with van der Waals surface area (Å²) in [7, 11) is 3.73. The standard InChI is InChI=1S/C23H30N4O2/c1-5-7-19-17-21(23(28)26-15-13-25(3)14-16-26)24-27(19)22(8-6-2)18-9-11-20(29-4)12-10-18/h6,8-12,17H,2,5,7,13-16H2,1,3-4H3/b22-8-. The van der Waals surface area contributed by atoms with Crippen molar-refractivity contribution in [3.8, 4) is 5.75 Å². The number of hydrogen-bond donors (Lipinski definition) is 0. The van der Waals surface area contributed by atoms with E-state index >= 15 is 0 Å². The van der Waals surface area contributed by atoms with Crippen molar-refractivity contribution in [2.45, 2.75) is 19.8 Å². The summed E-state index contributed by atoms with van der Waals surface area (Å²) < 4.78 is 7.16. The lowest BCUT2D eigenvalue weighted by atomic mass is 10.1. The smallest absolute Gasteiger partial charge is 0.274 e. The van der Waals surface area contributed by atoms with E-state index in [0.29, 0.717) is 5.69 Å². The molecular weight excluding hydrogens is 364 g/mol. The predicted octanol–water partition coefficient (Wildman–Crippen LogP) is 3.31. The molecule has 0 aliphatic carbocycles. The van der Waals surface area contributed by atoms with Crippen molar-refractivity contribution in [2.24, 2.45) is 0 Å². The number of likely N-dealkylation sites (N-methyl/N-ethyl adjacent to an activating group) is 1. The molecule has 1 aliphatic rings. The maximum atomic E-state index is 13.1. The van der Waals surface area contributed by atoms with Gasteiger partial charge in [-0.1, -0.05) is 26.0 Å². The summed E-state index contributed by atoms with van der Waals surface area (Å²) in [6.07, 6.45) is 5.49. The number of aromatic nitrogens is 2. The quantitative estimate of drug-likeness (QED) is 0.676. The van der Waals surface area contributed by atoms with Crippen molar-refractivity contribution in [3.05, 3.63) is 66.0 Å². The molecule has 1 aromatic heterocycles. The van der Waals surface area contributed by atoms with E-state index < -0.39 is 0 Å². The number of ether oxygens (including phenoxy) is 1. The summed E-state index contributed by atoms with van der Waals surface area (Å²) in [5, 5.41) is 4.73. The maximum Gasteiger partial charge on any atom is 0.274 e.